The molecule has 0 bridgehead atoms. The third-order valence-corrected chi connectivity index (χ3v) is 3.34. The number of benzene rings is 2. The standard InChI is InChI=1S/C16H18N2O2/c1-11-4-6-14(7-5-11)10-17-15-8-13(3)16(18(19)20)9-12(15)2/h4-9,17H,10H2,1-3H3. The van der Waals surface area contributed by atoms with Crippen molar-refractivity contribution < 1.29 is 4.92 Å². The molecule has 0 aliphatic rings. The zero-order valence-corrected chi connectivity index (χ0v) is 11.9. The van der Waals surface area contributed by atoms with Gasteiger partial charge in [0.15, 0.2) is 0 Å². The topological polar surface area (TPSA) is 55.2 Å². The average molecular weight is 270 g/mol. The third kappa shape index (κ3) is 3.15. The smallest absolute Gasteiger partial charge is 0.272 e. The molecule has 0 aromatic heterocycles. The molecule has 0 fully saturated rings. The second-order valence-corrected chi connectivity index (χ2v) is 5.05. The van der Waals surface area contributed by atoms with E-state index in [1.54, 1.807) is 13.0 Å². The fraction of sp³-hybridized carbons (Fsp3) is 0.250. The highest BCUT2D eigenvalue weighted by Gasteiger charge is 2.12. The van der Waals surface area contributed by atoms with E-state index in [1.165, 1.54) is 11.1 Å². The van der Waals surface area contributed by atoms with Gasteiger partial charge >= 0.3 is 0 Å². The van der Waals surface area contributed by atoms with Gasteiger partial charge in [-0.05, 0) is 38.0 Å². The predicted octanol–water partition coefficient (Wildman–Crippen LogP) is 4.13. The fourth-order valence-electron chi connectivity index (χ4n) is 2.09. The van der Waals surface area contributed by atoms with E-state index in [1.807, 2.05) is 13.0 Å². The number of hydrogen-bond acceptors (Lipinski definition) is 3. The second kappa shape index (κ2) is 5.74. The van der Waals surface area contributed by atoms with Crippen LogP contribution in [0.5, 0.6) is 0 Å². The van der Waals surface area contributed by atoms with E-state index in [0.717, 1.165) is 11.3 Å². The molecule has 0 unspecified atom stereocenters. The zero-order chi connectivity index (χ0) is 14.7. The van der Waals surface area contributed by atoms with E-state index in [4.69, 9.17) is 0 Å². The maximum absolute atomic E-state index is 10.9. The molecule has 4 heteroatoms. The van der Waals surface area contributed by atoms with Crippen molar-refractivity contribution in [3.05, 3.63) is 68.8 Å². The maximum Gasteiger partial charge on any atom is 0.272 e. The van der Waals surface area contributed by atoms with Crippen LogP contribution in [0.4, 0.5) is 11.4 Å². The lowest BCUT2D eigenvalue weighted by Gasteiger charge is -2.11. The van der Waals surface area contributed by atoms with Crippen molar-refractivity contribution in [3.63, 3.8) is 0 Å². The van der Waals surface area contributed by atoms with E-state index in [-0.39, 0.29) is 10.6 Å². The van der Waals surface area contributed by atoms with Crippen LogP contribution in [0.25, 0.3) is 0 Å². The Bertz CT molecular complexity index is 634. The number of nitrogens with one attached hydrogen (secondary N) is 1. The molecule has 1 N–H and O–H groups in total. The number of hydrogen-bond donors (Lipinski definition) is 1. The van der Waals surface area contributed by atoms with E-state index in [0.29, 0.717) is 12.1 Å². The highest BCUT2D eigenvalue weighted by molar-refractivity contribution is 5.59. The van der Waals surface area contributed by atoms with Crippen molar-refractivity contribution in [3.8, 4) is 0 Å². The molecule has 0 amide bonds. The summed E-state index contributed by atoms with van der Waals surface area (Å²) >= 11 is 0. The highest BCUT2D eigenvalue weighted by atomic mass is 16.6. The summed E-state index contributed by atoms with van der Waals surface area (Å²) in [6.07, 6.45) is 0. The Morgan fingerprint density at radius 1 is 1.05 bits per heavy atom. The monoisotopic (exact) mass is 270 g/mol. The van der Waals surface area contributed by atoms with E-state index in [9.17, 15) is 10.1 Å². The normalized spacial score (nSPS) is 10.3. The Morgan fingerprint density at radius 3 is 2.30 bits per heavy atom. The number of nitro benzene ring substituents is 1. The molecule has 0 radical (unpaired) electrons. The Hall–Kier alpha value is -2.36. The molecule has 0 aliphatic heterocycles. The highest BCUT2D eigenvalue weighted by Crippen LogP contribution is 2.26. The Kier molecular flexibility index (Phi) is 4.03. The average Bonchev–Trinajstić information content (AvgIpc) is 2.41. The van der Waals surface area contributed by atoms with Crippen LogP contribution < -0.4 is 5.32 Å². The Morgan fingerprint density at radius 2 is 1.70 bits per heavy atom. The summed E-state index contributed by atoms with van der Waals surface area (Å²) in [6.45, 7) is 6.40. The lowest BCUT2D eigenvalue weighted by Crippen LogP contribution is -2.02. The molecule has 104 valence electrons. The first-order chi connectivity index (χ1) is 9.47. The van der Waals surface area contributed by atoms with Gasteiger partial charge in [0.1, 0.15) is 0 Å². The van der Waals surface area contributed by atoms with Gasteiger partial charge in [-0.25, -0.2) is 0 Å². The largest absolute Gasteiger partial charge is 0.381 e. The fourth-order valence-corrected chi connectivity index (χ4v) is 2.09. The molecule has 0 saturated heterocycles. The molecule has 0 heterocycles. The number of anilines is 1. The van der Waals surface area contributed by atoms with Crippen molar-refractivity contribution in [2.24, 2.45) is 0 Å². The minimum Gasteiger partial charge on any atom is -0.381 e. The van der Waals surface area contributed by atoms with Gasteiger partial charge in [0, 0.05) is 23.9 Å². The van der Waals surface area contributed by atoms with Crippen LogP contribution >= 0.6 is 0 Å². The third-order valence-electron chi connectivity index (χ3n) is 3.34. The van der Waals surface area contributed by atoms with Crippen molar-refractivity contribution in [1.82, 2.24) is 0 Å². The zero-order valence-electron chi connectivity index (χ0n) is 11.9. The van der Waals surface area contributed by atoms with Crippen LogP contribution in [0.15, 0.2) is 36.4 Å². The van der Waals surface area contributed by atoms with Crippen LogP contribution in [0.2, 0.25) is 0 Å². The van der Waals surface area contributed by atoms with Gasteiger partial charge in [-0.1, -0.05) is 29.8 Å². The van der Waals surface area contributed by atoms with Gasteiger partial charge in [-0.2, -0.15) is 0 Å². The first-order valence-electron chi connectivity index (χ1n) is 6.52. The van der Waals surface area contributed by atoms with Crippen molar-refractivity contribution in [2.45, 2.75) is 27.3 Å². The number of nitrogens with zero attached hydrogens (tertiary/aromatic N) is 1. The molecule has 2 aromatic carbocycles. The summed E-state index contributed by atoms with van der Waals surface area (Å²) in [7, 11) is 0. The van der Waals surface area contributed by atoms with Crippen LogP contribution in [0, 0.1) is 30.9 Å². The summed E-state index contributed by atoms with van der Waals surface area (Å²) in [6, 6.07) is 11.8. The van der Waals surface area contributed by atoms with Gasteiger partial charge < -0.3 is 5.32 Å². The quantitative estimate of drug-likeness (QED) is 0.671. The van der Waals surface area contributed by atoms with Gasteiger partial charge in [0.2, 0.25) is 0 Å². The minimum atomic E-state index is -0.341. The van der Waals surface area contributed by atoms with Gasteiger partial charge in [-0.3, -0.25) is 10.1 Å². The molecular weight excluding hydrogens is 252 g/mol. The summed E-state index contributed by atoms with van der Waals surface area (Å²) < 4.78 is 0. The Balaban J connectivity index is 2.16. The molecule has 0 aliphatic carbocycles. The lowest BCUT2D eigenvalue weighted by molar-refractivity contribution is -0.385. The van der Waals surface area contributed by atoms with Crippen molar-refractivity contribution in [1.29, 1.82) is 0 Å². The summed E-state index contributed by atoms with van der Waals surface area (Å²) in [5, 5.41) is 14.2. The van der Waals surface area contributed by atoms with Crippen LogP contribution in [0.3, 0.4) is 0 Å². The van der Waals surface area contributed by atoms with Crippen LogP contribution in [-0.4, -0.2) is 4.92 Å². The molecule has 4 nitrogen and oxygen atoms in total. The molecule has 0 saturated carbocycles. The summed E-state index contributed by atoms with van der Waals surface area (Å²) in [5.41, 5.74) is 5.08. The molecule has 0 spiro atoms. The lowest BCUT2D eigenvalue weighted by atomic mass is 10.1. The number of aryl methyl sites for hydroxylation is 3. The number of nitro groups is 1. The van der Waals surface area contributed by atoms with E-state index in [2.05, 4.69) is 36.5 Å². The molecule has 2 aromatic rings. The van der Waals surface area contributed by atoms with Crippen LogP contribution in [-0.2, 0) is 6.54 Å². The van der Waals surface area contributed by atoms with Crippen molar-refractivity contribution >= 4 is 11.4 Å². The molecular formula is C16H18N2O2. The summed E-state index contributed by atoms with van der Waals surface area (Å²) in [5.74, 6) is 0. The van der Waals surface area contributed by atoms with E-state index >= 15 is 0 Å². The maximum atomic E-state index is 10.9. The van der Waals surface area contributed by atoms with Gasteiger partial charge in [0.05, 0.1) is 4.92 Å². The first-order valence-corrected chi connectivity index (χ1v) is 6.52. The van der Waals surface area contributed by atoms with E-state index < -0.39 is 0 Å². The first kappa shape index (κ1) is 14.1. The summed E-state index contributed by atoms with van der Waals surface area (Å²) in [4.78, 5) is 10.5. The number of rotatable bonds is 4. The van der Waals surface area contributed by atoms with Gasteiger partial charge in [0.25, 0.3) is 5.69 Å². The molecule has 0 atom stereocenters. The predicted molar refractivity (Wildman–Crippen MR) is 81.1 cm³/mol. The SMILES string of the molecule is Cc1ccc(CNc2cc(C)c([N+](=O)[O-])cc2C)cc1. The van der Waals surface area contributed by atoms with Crippen LogP contribution in [0.1, 0.15) is 22.3 Å². The molecule has 20 heavy (non-hydrogen) atoms. The second-order valence-electron chi connectivity index (χ2n) is 5.05. The van der Waals surface area contributed by atoms with Crippen molar-refractivity contribution in [2.75, 3.05) is 5.32 Å². The van der Waals surface area contributed by atoms with Gasteiger partial charge in [-0.15, -0.1) is 0 Å². The minimum absolute atomic E-state index is 0.170. The Labute approximate surface area is 118 Å². The molecule has 2 rings (SSSR count).